The number of fused-ring (bicyclic) bond motifs is 6. The van der Waals surface area contributed by atoms with E-state index >= 15 is 0 Å². The van der Waals surface area contributed by atoms with Crippen molar-refractivity contribution < 1.29 is 0 Å². The zero-order valence-electron chi connectivity index (χ0n) is 18.7. The molecule has 0 spiro atoms. The van der Waals surface area contributed by atoms with E-state index in [0.717, 1.165) is 38.6 Å². The van der Waals surface area contributed by atoms with E-state index in [1.54, 1.807) is 0 Å². The number of benzene rings is 3. The van der Waals surface area contributed by atoms with Gasteiger partial charge >= 0.3 is 0 Å². The number of rotatable bonds is 2. The van der Waals surface area contributed by atoms with E-state index in [-0.39, 0.29) is 5.92 Å². The number of nitriles is 1. The molecule has 0 saturated carbocycles. The number of hydrogen-bond acceptors (Lipinski definition) is 4. The van der Waals surface area contributed by atoms with Crippen LogP contribution >= 0.6 is 11.8 Å². The molecule has 4 heteroatoms. The Hall–Kier alpha value is -4.20. The summed E-state index contributed by atoms with van der Waals surface area (Å²) in [4.78, 5) is 11.0. The molecule has 1 aliphatic heterocycles. The molecule has 3 nitrogen and oxygen atoms in total. The van der Waals surface area contributed by atoms with Crippen LogP contribution in [0.5, 0.6) is 0 Å². The highest BCUT2D eigenvalue weighted by Crippen LogP contribution is 2.52. The summed E-state index contributed by atoms with van der Waals surface area (Å²) in [6.07, 6.45) is 8.72. The third-order valence-electron chi connectivity index (χ3n) is 6.87. The summed E-state index contributed by atoms with van der Waals surface area (Å²) in [5.41, 5.74) is 8.29. The molecular weight excluding hydrogens is 446 g/mol. The molecule has 0 amide bonds. The molecule has 2 atom stereocenters. The highest BCUT2D eigenvalue weighted by molar-refractivity contribution is 8.00. The molecule has 0 radical (unpaired) electrons. The third-order valence-corrected chi connectivity index (χ3v) is 8.20. The SMILES string of the molecule is N#Cc1cccc(-c2cccc3c2C2C=C(c4ccc5ccc6cccnc6c5n4)C=CC2S3)c1. The number of nitrogens with zero attached hydrogens (tertiary/aromatic N) is 3. The van der Waals surface area contributed by atoms with Gasteiger partial charge in [0.1, 0.15) is 0 Å². The van der Waals surface area contributed by atoms with Gasteiger partial charge in [-0.3, -0.25) is 4.98 Å². The van der Waals surface area contributed by atoms with Crippen LogP contribution in [0, 0.1) is 11.3 Å². The molecular formula is C31H19N3S. The van der Waals surface area contributed by atoms with Gasteiger partial charge in [-0.1, -0.05) is 66.8 Å². The van der Waals surface area contributed by atoms with E-state index in [1.807, 2.05) is 42.2 Å². The summed E-state index contributed by atoms with van der Waals surface area (Å²) in [5, 5.41) is 12.0. The quantitative estimate of drug-likeness (QED) is 0.253. The Balaban J connectivity index is 1.36. The zero-order valence-corrected chi connectivity index (χ0v) is 19.5. The molecule has 0 N–H and O–H groups in total. The highest BCUT2D eigenvalue weighted by Gasteiger charge is 2.34. The monoisotopic (exact) mass is 465 g/mol. The van der Waals surface area contributed by atoms with Gasteiger partial charge in [-0.25, -0.2) is 4.98 Å². The molecule has 35 heavy (non-hydrogen) atoms. The number of aromatic nitrogens is 2. The molecule has 0 fully saturated rings. The Labute approximate surface area is 207 Å². The Bertz CT molecular complexity index is 1760. The number of thioether (sulfide) groups is 1. The van der Waals surface area contributed by atoms with Crippen molar-refractivity contribution >= 4 is 39.1 Å². The third kappa shape index (κ3) is 3.28. The zero-order chi connectivity index (χ0) is 23.4. The fourth-order valence-corrected chi connectivity index (χ4v) is 6.56. The molecule has 1 aliphatic carbocycles. The van der Waals surface area contributed by atoms with Crippen molar-refractivity contribution in [1.29, 1.82) is 5.26 Å². The second-order valence-corrected chi connectivity index (χ2v) is 10.1. The predicted octanol–water partition coefficient (Wildman–Crippen LogP) is 7.53. The molecule has 2 unspecified atom stereocenters. The fraction of sp³-hybridized carbons (Fsp3) is 0.0645. The molecule has 5 aromatic rings. The Kier molecular flexibility index (Phi) is 4.58. The van der Waals surface area contributed by atoms with Gasteiger partial charge in [0.25, 0.3) is 0 Å². The smallest absolute Gasteiger partial charge is 0.0991 e. The van der Waals surface area contributed by atoms with Crippen LogP contribution in [0.3, 0.4) is 0 Å². The summed E-state index contributed by atoms with van der Waals surface area (Å²) in [6.45, 7) is 0. The van der Waals surface area contributed by atoms with Gasteiger partial charge in [-0.15, -0.1) is 11.8 Å². The summed E-state index contributed by atoms with van der Waals surface area (Å²) in [7, 11) is 0. The second kappa shape index (κ2) is 7.94. The normalized spacial score (nSPS) is 18.2. The van der Waals surface area contributed by atoms with Crippen molar-refractivity contribution in [3.05, 3.63) is 120 Å². The molecule has 7 rings (SSSR count). The number of pyridine rings is 2. The minimum Gasteiger partial charge on any atom is -0.254 e. The highest BCUT2D eigenvalue weighted by atomic mass is 32.2. The van der Waals surface area contributed by atoms with Crippen LogP contribution in [0.1, 0.15) is 22.7 Å². The van der Waals surface area contributed by atoms with E-state index in [0.29, 0.717) is 10.8 Å². The Morgan fingerprint density at radius 2 is 1.71 bits per heavy atom. The molecule has 164 valence electrons. The van der Waals surface area contributed by atoms with Crippen molar-refractivity contribution in [2.24, 2.45) is 0 Å². The maximum atomic E-state index is 9.41. The van der Waals surface area contributed by atoms with Crippen molar-refractivity contribution in [2.75, 3.05) is 0 Å². The summed E-state index contributed by atoms with van der Waals surface area (Å²) < 4.78 is 0. The molecule has 2 aliphatic rings. The minimum atomic E-state index is 0.250. The van der Waals surface area contributed by atoms with Crippen molar-refractivity contribution in [3.63, 3.8) is 0 Å². The lowest BCUT2D eigenvalue weighted by atomic mass is 9.84. The first-order chi connectivity index (χ1) is 17.3. The van der Waals surface area contributed by atoms with Gasteiger partial charge in [0, 0.05) is 33.0 Å². The van der Waals surface area contributed by atoms with Gasteiger partial charge in [0.15, 0.2) is 0 Å². The van der Waals surface area contributed by atoms with E-state index in [1.165, 1.54) is 16.0 Å². The summed E-state index contributed by atoms with van der Waals surface area (Å²) >= 11 is 1.91. The van der Waals surface area contributed by atoms with Crippen molar-refractivity contribution in [2.45, 2.75) is 16.1 Å². The van der Waals surface area contributed by atoms with Gasteiger partial charge in [0.05, 0.1) is 28.4 Å². The van der Waals surface area contributed by atoms with Gasteiger partial charge in [0.2, 0.25) is 0 Å². The van der Waals surface area contributed by atoms with E-state index < -0.39 is 0 Å². The van der Waals surface area contributed by atoms with E-state index in [2.05, 4.69) is 83.9 Å². The van der Waals surface area contributed by atoms with Crippen LogP contribution in [0.15, 0.2) is 108 Å². The first-order valence-electron chi connectivity index (χ1n) is 11.6. The lowest BCUT2D eigenvalue weighted by Gasteiger charge is -2.21. The van der Waals surface area contributed by atoms with Crippen LogP contribution in [0.4, 0.5) is 0 Å². The molecule has 3 heterocycles. The van der Waals surface area contributed by atoms with Crippen LogP contribution in [0.25, 0.3) is 38.5 Å². The largest absolute Gasteiger partial charge is 0.254 e. The summed E-state index contributed by atoms with van der Waals surface area (Å²) in [5.74, 6) is 0.250. The van der Waals surface area contributed by atoms with Crippen LogP contribution < -0.4 is 0 Å². The molecule has 0 saturated heterocycles. The van der Waals surface area contributed by atoms with E-state index in [4.69, 9.17) is 4.98 Å². The van der Waals surface area contributed by atoms with Crippen LogP contribution in [-0.2, 0) is 0 Å². The van der Waals surface area contributed by atoms with Crippen LogP contribution in [-0.4, -0.2) is 15.2 Å². The number of hydrogen-bond donors (Lipinski definition) is 0. The second-order valence-electron chi connectivity index (χ2n) is 8.91. The van der Waals surface area contributed by atoms with Crippen molar-refractivity contribution in [1.82, 2.24) is 9.97 Å². The Morgan fingerprint density at radius 3 is 2.63 bits per heavy atom. The topological polar surface area (TPSA) is 49.6 Å². The summed E-state index contributed by atoms with van der Waals surface area (Å²) in [6, 6.07) is 29.2. The van der Waals surface area contributed by atoms with Gasteiger partial charge in [-0.2, -0.15) is 5.26 Å². The average Bonchev–Trinajstić information content (AvgIpc) is 3.31. The van der Waals surface area contributed by atoms with Gasteiger partial charge in [-0.05, 0) is 52.6 Å². The standard InChI is InChI=1S/C31H19N3S/c32-18-19-4-1-5-22(16-19)24-7-2-8-28-29(24)25-17-23(12-14-27(25)35-28)26-13-11-21-10-9-20-6-3-15-33-30(20)31(21)34-26/h1-17,25,27H. The molecule has 0 bridgehead atoms. The average molecular weight is 466 g/mol. The maximum Gasteiger partial charge on any atom is 0.0991 e. The van der Waals surface area contributed by atoms with E-state index in [9.17, 15) is 5.26 Å². The maximum absolute atomic E-state index is 9.41. The van der Waals surface area contributed by atoms with Crippen LogP contribution in [0.2, 0.25) is 0 Å². The lowest BCUT2D eigenvalue weighted by Crippen LogP contribution is -2.10. The van der Waals surface area contributed by atoms with Gasteiger partial charge < -0.3 is 0 Å². The fourth-order valence-electron chi connectivity index (χ4n) is 5.22. The first kappa shape index (κ1) is 20.2. The number of allylic oxidation sites excluding steroid dienone is 3. The molecule has 2 aromatic heterocycles. The van der Waals surface area contributed by atoms with Crippen molar-refractivity contribution in [3.8, 4) is 17.2 Å². The minimum absolute atomic E-state index is 0.250. The first-order valence-corrected chi connectivity index (χ1v) is 12.5. The molecule has 3 aromatic carbocycles. The predicted molar refractivity (Wildman–Crippen MR) is 143 cm³/mol. The Morgan fingerprint density at radius 1 is 0.857 bits per heavy atom. The lowest BCUT2D eigenvalue weighted by molar-refractivity contribution is 0.885.